The second-order valence-electron chi connectivity index (χ2n) is 6.66. The fourth-order valence-electron chi connectivity index (χ4n) is 3.33. The average Bonchev–Trinajstić information content (AvgIpc) is 3.08. The molecule has 1 aromatic heterocycles. The van der Waals surface area contributed by atoms with Crippen molar-refractivity contribution in [1.29, 1.82) is 0 Å². The van der Waals surface area contributed by atoms with Crippen molar-refractivity contribution in [3.63, 3.8) is 0 Å². The number of carbonyl (C=O) groups excluding carboxylic acids is 1. The lowest BCUT2D eigenvalue weighted by atomic mass is 10.1. The van der Waals surface area contributed by atoms with Gasteiger partial charge < -0.3 is 4.90 Å². The van der Waals surface area contributed by atoms with Crippen LogP contribution in [0.25, 0.3) is 20.9 Å². The Bertz CT molecular complexity index is 1350. The predicted octanol–water partition coefficient (Wildman–Crippen LogP) is 5.30. The van der Waals surface area contributed by atoms with E-state index in [2.05, 4.69) is 0 Å². The van der Waals surface area contributed by atoms with E-state index in [0.717, 1.165) is 15.5 Å². The number of anilines is 1. The molecule has 1 unspecified atom stereocenters. The summed E-state index contributed by atoms with van der Waals surface area (Å²) < 4.78 is 35.1. The molecule has 8 heteroatoms. The molecule has 1 N–H and O–H groups in total. The Hall–Kier alpha value is -2.45. The molecule has 5 nitrogen and oxygen atoms in total. The maximum absolute atomic E-state index is 13.2. The van der Waals surface area contributed by atoms with Gasteiger partial charge in [0, 0.05) is 28.0 Å². The van der Waals surface area contributed by atoms with Gasteiger partial charge in [-0.15, -0.1) is 11.3 Å². The third-order valence-electron chi connectivity index (χ3n) is 4.82. The van der Waals surface area contributed by atoms with E-state index < -0.39 is 21.3 Å². The number of nitrogens with zero attached hydrogens (tertiary/aromatic N) is 1. The molecule has 1 atom stereocenters. The van der Waals surface area contributed by atoms with E-state index in [0.29, 0.717) is 16.1 Å². The number of thiophene rings is 1. The molecule has 0 saturated carbocycles. The van der Waals surface area contributed by atoms with Gasteiger partial charge in [-0.3, -0.25) is 9.35 Å². The van der Waals surface area contributed by atoms with Crippen LogP contribution in [0.15, 0.2) is 66.0 Å². The second kappa shape index (κ2) is 7.42. The van der Waals surface area contributed by atoms with Crippen LogP contribution in [0, 0.1) is 0 Å². The van der Waals surface area contributed by atoms with Crippen LogP contribution in [0.2, 0.25) is 5.02 Å². The van der Waals surface area contributed by atoms with Gasteiger partial charge in [-0.05, 0) is 51.9 Å². The maximum atomic E-state index is 13.2. The minimum absolute atomic E-state index is 0.215. The third kappa shape index (κ3) is 3.74. The number of rotatable bonds is 4. The van der Waals surface area contributed by atoms with Crippen LogP contribution in [0.3, 0.4) is 0 Å². The molecule has 0 aliphatic carbocycles. The van der Waals surface area contributed by atoms with Crippen LogP contribution in [0.1, 0.15) is 10.8 Å². The molecule has 0 saturated heterocycles. The summed E-state index contributed by atoms with van der Waals surface area (Å²) in [7, 11) is -3.22. The smallest absolute Gasteiger partial charge is 0.281 e. The van der Waals surface area contributed by atoms with Gasteiger partial charge in [0.05, 0.1) is 0 Å². The largest absolute Gasteiger partial charge is 0.314 e. The Labute approximate surface area is 176 Å². The predicted molar refractivity (Wildman–Crippen MR) is 118 cm³/mol. The van der Waals surface area contributed by atoms with Crippen molar-refractivity contribution in [3.8, 4) is 0 Å². The highest BCUT2D eigenvalue weighted by molar-refractivity contribution is 7.86. The molecule has 3 aromatic carbocycles. The molecule has 0 aliphatic rings. The van der Waals surface area contributed by atoms with Crippen LogP contribution in [-0.2, 0) is 14.9 Å². The van der Waals surface area contributed by atoms with Crippen molar-refractivity contribution in [3.05, 3.63) is 76.6 Å². The van der Waals surface area contributed by atoms with E-state index >= 15 is 0 Å². The molecular formula is C21H16ClNO4S2. The van der Waals surface area contributed by atoms with E-state index in [1.807, 2.05) is 30.3 Å². The first-order chi connectivity index (χ1) is 13.8. The van der Waals surface area contributed by atoms with Crippen molar-refractivity contribution in [2.24, 2.45) is 0 Å². The Balaban J connectivity index is 1.80. The highest BCUT2D eigenvalue weighted by atomic mass is 35.5. The van der Waals surface area contributed by atoms with Gasteiger partial charge in [0.15, 0.2) is 5.25 Å². The van der Waals surface area contributed by atoms with Gasteiger partial charge in [0.2, 0.25) is 0 Å². The zero-order valence-corrected chi connectivity index (χ0v) is 17.6. The Morgan fingerprint density at radius 3 is 2.52 bits per heavy atom. The minimum atomic E-state index is -4.71. The molecule has 148 valence electrons. The van der Waals surface area contributed by atoms with Crippen LogP contribution in [0.4, 0.5) is 5.69 Å². The van der Waals surface area contributed by atoms with Gasteiger partial charge in [-0.25, -0.2) is 0 Å². The molecular weight excluding hydrogens is 430 g/mol. The average molecular weight is 446 g/mol. The molecule has 0 fully saturated rings. The number of amides is 1. The SMILES string of the molecule is CN(C(=O)C(c1csc2ccc(Cl)cc12)S(=O)(=O)O)c1ccc2ccccc2c1. The number of benzene rings is 3. The number of hydrogen-bond donors (Lipinski definition) is 1. The van der Waals surface area contributed by atoms with Crippen molar-refractivity contribution in [2.45, 2.75) is 5.25 Å². The topological polar surface area (TPSA) is 74.7 Å². The third-order valence-corrected chi connectivity index (χ3v) is 7.09. The van der Waals surface area contributed by atoms with Gasteiger partial charge >= 0.3 is 0 Å². The maximum Gasteiger partial charge on any atom is 0.281 e. The van der Waals surface area contributed by atoms with Gasteiger partial charge in [0.25, 0.3) is 16.0 Å². The first-order valence-corrected chi connectivity index (χ1v) is 11.4. The molecule has 0 bridgehead atoms. The molecule has 4 aromatic rings. The normalized spacial score (nSPS) is 12.9. The van der Waals surface area contributed by atoms with E-state index in [1.54, 1.807) is 35.7 Å². The monoisotopic (exact) mass is 445 g/mol. The lowest BCUT2D eigenvalue weighted by Gasteiger charge is -2.22. The van der Waals surface area contributed by atoms with Gasteiger partial charge in [-0.2, -0.15) is 8.42 Å². The molecule has 29 heavy (non-hydrogen) atoms. The minimum Gasteiger partial charge on any atom is -0.314 e. The number of halogens is 1. The van der Waals surface area contributed by atoms with Crippen LogP contribution < -0.4 is 4.90 Å². The Kier molecular flexibility index (Phi) is 5.08. The summed E-state index contributed by atoms with van der Waals surface area (Å²) in [6, 6.07) is 18.1. The molecule has 4 rings (SSSR count). The molecule has 0 radical (unpaired) electrons. The zero-order chi connectivity index (χ0) is 20.8. The van der Waals surface area contributed by atoms with Crippen molar-refractivity contribution in [1.82, 2.24) is 0 Å². The quantitative estimate of drug-likeness (QED) is 0.432. The summed E-state index contributed by atoms with van der Waals surface area (Å²) >= 11 is 7.35. The fourth-order valence-corrected chi connectivity index (χ4v) is 5.49. The second-order valence-corrected chi connectivity index (χ2v) is 9.50. The lowest BCUT2D eigenvalue weighted by molar-refractivity contribution is -0.118. The molecule has 0 spiro atoms. The summed E-state index contributed by atoms with van der Waals surface area (Å²) in [4.78, 5) is 14.5. The fraction of sp³-hybridized carbons (Fsp3) is 0.0952. The first-order valence-electron chi connectivity index (χ1n) is 8.65. The van der Waals surface area contributed by atoms with Crippen molar-refractivity contribution >= 4 is 65.5 Å². The zero-order valence-electron chi connectivity index (χ0n) is 15.2. The van der Waals surface area contributed by atoms with Gasteiger partial charge in [-0.1, -0.05) is 41.9 Å². The van der Waals surface area contributed by atoms with Crippen molar-refractivity contribution < 1.29 is 17.8 Å². The summed E-state index contributed by atoms with van der Waals surface area (Å²) in [6.07, 6.45) is 0. The number of likely N-dealkylation sites (N-methyl/N-ethyl adjacent to an activating group) is 1. The summed E-state index contributed by atoms with van der Waals surface area (Å²) in [5.41, 5.74) is 0.743. The number of carbonyl (C=O) groups is 1. The number of fused-ring (bicyclic) bond motifs is 2. The highest BCUT2D eigenvalue weighted by Gasteiger charge is 2.37. The van der Waals surface area contributed by atoms with Crippen LogP contribution in [-0.4, -0.2) is 25.9 Å². The summed E-state index contributed by atoms with van der Waals surface area (Å²) in [6.45, 7) is 0. The van der Waals surface area contributed by atoms with E-state index in [1.165, 1.54) is 23.3 Å². The molecule has 1 amide bonds. The first kappa shape index (κ1) is 19.8. The van der Waals surface area contributed by atoms with Crippen LogP contribution in [0.5, 0.6) is 0 Å². The number of hydrogen-bond acceptors (Lipinski definition) is 4. The summed E-state index contributed by atoms with van der Waals surface area (Å²) in [5.74, 6) is -0.748. The van der Waals surface area contributed by atoms with E-state index in [4.69, 9.17) is 11.6 Å². The molecule has 0 aliphatic heterocycles. The van der Waals surface area contributed by atoms with E-state index in [9.17, 15) is 17.8 Å². The lowest BCUT2D eigenvalue weighted by Crippen LogP contribution is -2.35. The van der Waals surface area contributed by atoms with Crippen molar-refractivity contribution in [2.75, 3.05) is 11.9 Å². The highest BCUT2D eigenvalue weighted by Crippen LogP contribution is 2.37. The summed E-state index contributed by atoms with van der Waals surface area (Å²) in [5, 5.41) is 2.70. The standard InChI is InChI=1S/C21H16ClNO4S2/c1-23(16-8-6-13-4-2-3-5-14(13)10-16)21(24)20(29(25,26)27)18-12-28-19-9-7-15(22)11-17(18)19/h2-12,20H,1H3,(H,25,26,27). The Morgan fingerprint density at radius 2 is 1.79 bits per heavy atom. The van der Waals surface area contributed by atoms with Gasteiger partial charge in [0.1, 0.15) is 0 Å². The van der Waals surface area contributed by atoms with E-state index in [-0.39, 0.29) is 5.56 Å². The Morgan fingerprint density at radius 1 is 1.07 bits per heavy atom. The molecule has 1 heterocycles. The van der Waals surface area contributed by atoms with Crippen LogP contribution >= 0.6 is 22.9 Å².